The van der Waals surface area contributed by atoms with E-state index in [9.17, 15) is 13.2 Å². The van der Waals surface area contributed by atoms with Gasteiger partial charge in [-0.3, -0.25) is 4.98 Å². The highest BCUT2D eigenvalue weighted by Gasteiger charge is 2.40. The van der Waals surface area contributed by atoms with Gasteiger partial charge in [-0.15, -0.1) is 0 Å². The van der Waals surface area contributed by atoms with E-state index < -0.39 is 11.7 Å². The van der Waals surface area contributed by atoms with E-state index in [4.69, 9.17) is 0 Å². The summed E-state index contributed by atoms with van der Waals surface area (Å²) < 4.78 is 39.5. The second-order valence-electron chi connectivity index (χ2n) is 5.73. The number of nitrogens with zero attached hydrogens (tertiary/aromatic N) is 2. The molecule has 0 aliphatic carbocycles. The fraction of sp³-hybridized carbons (Fsp3) is 0.312. The molecule has 1 N–H and O–H groups in total. The van der Waals surface area contributed by atoms with E-state index >= 15 is 0 Å². The molecule has 3 nitrogen and oxygen atoms in total. The molecule has 2 heterocycles. The number of hydrogen-bond donors (Lipinski definition) is 1. The number of alkyl halides is 3. The first-order valence-electron chi connectivity index (χ1n) is 6.98. The van der Waals surface area contributed by atoms with Crippen molar-refractivity contribution in [2.45, 2.75) is 18.5 Å². The van der Waals surface area contributed by atoms with Crippen LogP contribution in [0.2, 0.25) is 0 Å². The number of hydrazine groups is 1. The van der Waals surface area contributed by atoms with Gasteiger partial charge < -0.3 is 5.01 Å². The lowest BCUT2D eigenvalue weighted by Crippen LogP contribution is -2.33. The highest BCUT2D eigenvalue weighted by Crippen LogP contribution is 2.38. The van der Waals surface area contributed by atoms with Crippen molar-refractivity contribution < 1.29 is 13.2 Å². The van der Waals surface area contributed by atoms with Gasteiger partial charge in [-0.05, 0) is 29.8 Å². The molecule has 1 aliphatic rings. The van der Waals surface area contributed by atoms with Gasteiger partial charge in [0, 0.05) is 30.9 Å². The molecule has 0 spiro atoms. The minimum Gasteiger partial charge on any atom is -0.307 e. The molecule has 1 aromatic heterocycles. The van der Waals surface area contributed by atoms with Gasteiger partial charge in [0.05, 0.1) is 11.3 Å². The Labute approximate surface area is 126 Å². The highest BCUT2D eigenvalue weighted by molar-refractivity contribution is 5.56. The molecule has 3 rings (SSSR count). The van der Waals surface area contributed by atoms with Crippen molar-refractivity contribution in [1.82, 2.24) is 10.4 Å². The van der Waals surface area contributed by atoms with Crippen molar-refractivity contribution in [1.29, 1.82) is 0 Å². The fourth-order valence-electron chi connectivity index (χ4n) is 2.80. The summed E-state index contributed by atoms with van der Waals surface area (Å²) in [6.07, 6.45) is -0.965. The Morgan fingerprint density at radius 3 is 2.50 bits per heavy atom. The van der Waals surface area contributed by atoms with Crippen molar-refractivity contribution in [3.8, 4) is 0 Å². The predicted octanol–water partition coefficient (Wildman–Crippen LogP) is 3.38. The molecule has 1 unspecified atom stereocenters. The van der Waals surface area contributed by atoms with Gasteiger partial charge in [0.1, 0.15) is 0 Å². The van der Waals surface area contributed by atoms with E-state index in [0.717, 1.165) is 11.6 Å². The summed E-state index contributed by atoms with van der Waals surface area (Å²) in [6.45, 7) is 3.07. The number of halogens is 3. The van der Waals surface area contributed by atoms with Gasteiger partial charge in [0.25, 0.3) is 0 Å². The normalized spacial score (nSPS) is 22.1. The molecule has 0 radical (unpaired) electrons. The Balaban J connectivity index is 1.91. The third kappa shape index (κ3) is 2.66. The molecule has 0 saturated carbocycles. The van der Waals surface area contributed by atoms with E-state index in [0.29, 0.717) is 13.1 Å². The van der Waals surface area contributed by atoms with E-state index in [1.54, 1.807) is 23.5 Å². The van der Waals surface area contributed by atoms with Crippen LogP contribution in [0, 0.1) is 0 Å². The SMILES string of the molecule is CC1(c2ccncc2)CNN(c2ccccc2C(F)(F)F)C1. The average Bonchev–Trinajstić information content (AvgIpc) is 2.91. The van der Waals surface area contributed by atoms with Crippen LogP contribution in [-0.2, 0) is 11.6 Å². The number of para-hydroxylation sites is 1. The minimum absolute atomic E-state index is 0.160. The average molecular weight is 307 g/mol. The molecule has 1 aromatic carbocycles. The highest BCUT2D eigenvalue weighted by atomic mass is 19.4. The Bertz CT molecular complexity index is 657. The quantitative estimate of drug-likeness (QED) is 0.922. The summed E-state index contributed by atoms with van der Waals surface area (Å²) in [6, 6.07) is 9.44. The van der Waals surface area contributed by atoms with Crippen LogP contribution in [-0.4, -0.2) is 18.1 Å². The van der Waals surface area contributed by atoms with Gasteiger partial charge in [0.2, 0.25) is 0 Å². The molecule has 116 valence electrons. The standard InChI is InChI=1S/C16H16F3N3/c1-15(12-6-8-20-9-7-12)10-21-22(11-15)14-5-3-2-4-13(14)16(17,18)19/h2-9,21H,10-11H2,1H3. The lowest BCUT2D eigenvalue weighted by atomic mass is 9.84. The molecule has 2 aromatic rings. The van der Waals surface area contributed by atoms with Crippen LogP contribution < -0.4 is 10.4 Å². The maximum atomic E-state index is 13.2. The zero-order valence-corrected chi connectivity index (χ0v) is 12.1. The molecule has 1 saturated heterocycles. The van der Waals surface area contributed by atoms with Crippen LogP contribution in [0.25, 0.3) is 0 Å². The number of aromatic nitrogens is 1. The van der Waals surface area contributed by atoms with Crippen LogP contribution in [0.15, 0.2) is 48.8 Å². The van der Waals surface area contributed by atoms with Crippen LogP contribution in [0.3, 0.4) is 0 Å². The third-order valence-corrected chi connectivity index (χ3v) is 4.04. The smallest absolute Gasteiger partial charge is 0.307 e. The van der Waals surface area contributed by atoms with E-state index in [2.05, 4.69) is 10.4 Å². The maximum absolute atomic E-state index is 13.2. The largest absolute Gasteiger partial charge is 0.418 e. The summed E-state index contributed by atoms with van der Waals surface area (Å²) in [5.74, 6) is 0. The molecular formula is C16H16F3N3. The predicted molar refractivity (Wildman–Crippen MR) is 78.4 cm³/mol. The number of rotatable bonds is 2. The first-order valence-corrected chi connectivity index (χ1v) is 6.98. The van der Waals surface area contributed by atoms with Crippen LogP contribution in [0.1, 0.15) is 18.1 Å². The summed E-state index contributed by atoms with van der Waals surface area (Å²) >= 11 is 0. The second-order valence-corrected chi connectivity index (χ2v) is 5.73. The van der Waals surface area contributed by atoms with Crippen molar-refractivity contribution in [2.24, 2.45) is 0 Å². The second kappa shape index (κ2) is 5.28. The lowest BCUT2D eigenvalue weighted by molar-refractivity contribution is -0.137. The number of pyridine rings is 1. The molecule has 22 heavy (non-hydrogen) atoms. The van der Waals surface area contributed by atoms with E-state index in [1.807, 2.05) is 19.1 Å². The topological polar surface area (TPSA) is 28.2 Å². The Morgan fingerprint density at radius 2 is 1.82 bits per heavy atom. The minimum atomic E-state index is -4.37. The fourth-order valence-corrected chi connectivity index (χ4v) is 2.80. The van der Waals surface area contributed by atoms with Gasteiger partial charge in [0.15, 0.2) is 0 Å². The number of nitrogens with one attached hydrogen (secondary N) is 1. The maximum Gasteiger partial charge on any atom is 0.418 e. The number of anilines is 1. The molecule has 1 fully saturated rings. The number of benzene rings is 1. The van der Waals surface area contributed by atoms with E-state index in [1.165, 1.54) is 12.1 Å². The van der Waals surface area contributed by atoms with Crippen LogP contribution in [0.4, 0.5) is 18.9 Å². The summed E-state index contributed by atoms with van der Waals surface area (Å²) in [4.78, 5) is 3.99. The molecular weight excluding hydrogens is 291 g/mol. The van der Waals surface area contributed by atoms with Gasteiger partial charge in [-0.2, -0.15) is 13.2 Å². The molecule has 1 atom stereocenters. The Morgan fingerprint density at radius 1 is 1.14 bits per heavy atom. The molecule has 1 aliphatic heterocycles. The third-order valence-electron chi connectivity index (χ3n) is 4.04. The van der Waals surface area contributed by atoms with Crippen molar-refractivity contribution >= 4 is 5.69 Å². The molecule has 0 amide bonds. The zero-order valence-electron chi connectivity index (χ0n) is 12.1. The summed E-state index contributed by atoms with van der Waals surface area (Å²) in [5, 5.41) is 1.59. The van der Waals surface area contributed by atoms with Crippen LogP contribution >= 0.6 is 0 Å². The van der Waals surface area contributed by atoms with Gasteiger partial charge in [-0.1, -0.05) is 19.1 Å². The lowest BCUT2D eigenvalue weighted by Gasteiger charge is -2.26. The monoisotopic (exact) mass is 307 g/mol. The zero-order chi connectivity index (χ0) is 15.8. The van der Waals surface area contributed by atoms with Crippen molar-refractivity contribution in [3.05, 3.63) is 59.9 Å². The summed E-state index contributed by atoms with van der Waals surface area (Å²) in [7, 11) is 0. The number of hydrogen-bond acceptors (Lipinski definition) is 3. The van der Waals surface area contributed by atoms with Crippen molar-refractivity contribution in [2.75, 3.05) is 18.1 Å². The van der Waals surface area contributed by atoms with Gasteiger partial charge in [-0.25, -0.2) is 5.43 Å². The van der Waals surface area contributed by atoms with Crippen LogP contribution in [0.5, 0.6) is 0 Å². The summed E-state index contributed by atoms with van der Waals surface area (Å²) in [5.41, 5.74) is 3.42. The molecule has 6 heteroatoms. The molecule has 0 bridgehead atoms. The van der Waals surface area contributed by atoms with Gasteiger partial charge >= 0.3 is 6.18 Å². The Hall–Kier alpha value is -2.08. The van der Waals surface area contributed by atoms with Crippen molar-refractivity contribution in [3.63, 3.8) is 0 Å². The first-order chi connectivity index (χ1) is 10.4. The van der Waals surface area contributed by atoms with E-state index in [-0.39, 0.29) is 11.1 Å². The first kappa shape index (κ1) is 14.8. The Kier molecular flexibility index (Phi) is 3.56.